The smallest absolute Gasteiger partial charge is 0.196 e. The first-order chi connectivity index (χ1) is 13.0. The van der Waals surface area contributed by atoms with Gasteiger partial charge in [-0.3, -0.25) is 0 Å². The van der Waals surface area contributed by atoms with Crippen molar-refractivity contribution in [1.82, 2.24) is 9.97 Å². The summed E-state index contributed by atoms with van der Waals surface area (Å²) in [6.07, 6.45) is 1.24. The Morgan fingerprint density at radius 2 is 1.48 bits per heavy atom. The van der Waals surface area contributed by atoms with Crippen LogP contribution in [-0.2, 0) is 0 Å². The number of aromatic nitrogens is 2. The molecule has 6 nitrogen and oxygen atoms in total. The lowest BCUT2D eigenvalue weighted by Crippen LogP contribution is -2.02. The van der Waals surface area contributed by atoms with Crippen molar-refractivity contribution in [2.75, 3.05) is 24.9 Å². The van der Waals surface area contributed by atoms with Crippen LogP contribution in [0.25, 0.3) is 0 Å². The van der Waals surface area contributed by atoms with E-state index in [-0.39, 0.29) is 11.5 Å². The molecule has 0 amide bonds. The van der Waals surface area contributed by atoms with E-state index in [9.17, 15) is 13.2 Å². The van der Waals surface area contributed by atoms with Gasteiger partial charge in [0.2, 0.25) is 0 Å². The molecule has 0 saturated heterocycles. The third-order valence-electron chi connectivity index (χ3n) is 3.62. The van der Waals surface area contributed by atoms with Gasteiger partial charge in [-0.05, 0) is 24.3 Å². The maximum absolute atomic E-state index is 13.8. The van der Waals surface area contributed by atoms with Crippen LogP contribution in [0.15, 0.2) is 42.7 Å². The Labute approximate surface area is 153 Å². The molecule has 0 aliphatic rings. The summed E-state index contributed by atoms with van der Waals surface area (Å²) < 4.78 is 50.6. The van der Waals surface area contributed by atoms with Gasteiger partial charge in [0.05, 0.1) is 19.9 Å². The average molecular weight is 376 g/mol. The van der Waals surface area contributed by atoms with Gasteiger partial charge in [0, 0.05) is 17.8 Å². The summed E-state index contributed by atoms with van der Waals surface area (Å²) >= 11 is 0. The van der Waals surface area contributed by atoms with Crippen LogP contribution in [-0.4, -0.2) is 24.2 Å². The summed E-state index contributed by atoms with van der Waals surface area (Å²) in [7, 11) is 3.05. The van der Waals surface area contributed by atoms with E-state index in [0.29, 0.717) is 23.0 Å². The van der Waals surface area contributed by atoms with Gasteiger partial charge in [-0.2, -0.15) is 0 Å². The molecule has 0 aliphatic carbocycles. The van der Waals surface area contributed by atoms with Gasteiger partial charge in [0.15, 0.2) is 29.0 Å². The fourth-order valence-electron chi connectivity index (χ4n) is 2.32. The van der Waals surface area contributed by atoms with E-state index in [0.717, 1.165) is 12.1 Å². The fraction of sp³-hybridized carbons (Fsp3) is 0.111. The van der Waals surface area contributed by atoms with Gasteiger partial charge in [-0.15, -0.1) is 0 Å². The highest BCUT2D eigenvalue weighted by molar-refractivity contribution is 5.65. The number of hydrogen-bond acceptors (Lipinski definition) is 6. The Bertz CT molecular complexity index is 969. The second-order valence-electron chi connectivity index (χ2n) is 5.33. The van der Waals surface area contributed by atoms with Gasteiger partial charge in [-0.1, -0.05) is 0 Å². The molecular weight excluding hydrogens is 361 g/mol. The lowest BCUT2D eigenvalue weighted by Gasteiger charge is -2.12. The highest BCUT2D eigenvalue weighted by Gasteiger charge is 2.14. The second kappa shape index (κ2) is 7.81. The van der Waals surface area contributed by atoms with E-state index in [1.54, 1.807) is 18.2 Å². The number of methoxy groups -OCH3 is 2. The van der Waals surface area contributed by atoms with E-state index in [1.165, 1.54) is 26.6 Å². The third-order valence-corrected chi connectivity index (χ3v) is 3.62. The fourth-order valence-corrected chi connectivity index (χ4v) is 2.32. The van der Waals surface area contributed by atoms with Gasteiger partial charge >= 0.3 is 0 Å². The summed E-state index contributed by atoms with van der Waals surface area (Å²) in [4.78, 5) is 8.01. The molecule has 1 heterocycles. The third kappa shape index (κ3) is 4.02. The topological polar surface area (TPSA) is 68.3 Å². The van der Waals surface area contributed by atoms with E-state index in [2.05, 4.69) is 20.6 Å². The number of hydrogen-bond donors (Lipinski definition) is 2. The monoisotopic (exact) mass is 376 g/mol. The van der Waals surface area contributed by atoms with Gasteiger partial charge in [0.25, 0.3) is 0 Å². The van der Waals surface area contributed by atoms with Gasteiger partial charge in [0.1, 0.15) is 18.0 Å². The lowest BCUT2D eigenvalue weighted by atomic mass is 10.2. The maximum atomic E-state index is 13.8. The van der Waals surface area contributed by atoms with Crippen molar-refractivity contribution in [1.29, 1.82) is 0 Å². The number of nitrogens with one attached hydrogen (secondary N) is 2. The highest BCUT2D eigenvalue weighted by atomic mass is 19.2. The van der Waals surface area contributed by atoms with Gasteiger partial charge in [-0.25, -0.2) is 23.1 Å². The average Bonchev–Trinajstić information content (AvgIpc) is 2.68. The van der Waals surface area contributed by atoms with Crippen LogP contribution >= 0.6 is 0 Å². The quantitative estimate of drug-likeness (QED) is 0.622. The lowest BCUT2D eigenvalue weighted by molar-refractivity contribution is 0.355. The Morgan fingerprint density at radius 1 is 0.778 bits per heavy atom. The molecule has 1 aromatic heterocycles. The standard InChI is InChI=1S/C18H15F3N4O2/c1-26-13-6-3-10(7-14(13)27-2)24-15-8-16(23-9-22-15)25-12-5-4-11(19)17(20)18(12)21/h3-9H,1-2H3,(H2,22,23,24,25). The first-order valence-electron chi connectivity index (χ1n) is 7.73. The first-order valence-corrected chi connectivity index (χ1v) is 7.73. The summed E-state index contributed by atoms with van der Waals surface area (Å²) in [5.74, 6) is -2.47. The minimum Gasteiger partial charge on any atom is -0.493 e. The van der Waals surface area contributed by atoms with Crippen LogP contribution in [0.1, 0.15) is 0 Å². The molecule has 3 rings (SSSR count). The minimum atomic E-state index is -1.56. The number of rotatable bonds is 6. The Kier molecular flexibility index (Phi) is 5.30. The van der Waals surface area contributed by atoms with E-state index in [1.807, 2.05) is 0 Å². The van der Waals surface area contributed by atoms with E-state index >= 15 is 0 Å². The molecule has 0 unspecified atom stereocenters. The Hall–Kier alpha value is -3.49. The van der Waals surface area contributed by atoms with Crippen molar-refractivity contribution in [3.63, 3.8) is 0 Å². The zero-order valence-corrected chi connectivity index (χ0v) is 14.4. The molecule has 2 aromatic carbocycles. The van der Waals surface area contributed by atoms with E-state index in [4.69, 9.17) is 9.47 Å². The van der Waals surface area contributed by atoms with Crippen molar-refractivity contribution in [2.24, 2.45) is 0 Å². The number of halogens is 3. The molecule has 9 heteroatoms. The minimum absolute atomic E-state index is 0.192. The highest BCUT2D eigenvalue weighted by Crippen LogP contribution is 2.31. The SMILES string of the molecule is COc1ccc(Nc2cc(Nc3ccc(F)c(F)c3F)ncn2)cc1OC. The van der Waals surface area contributed by atoms with Crippen LogP contribution in [0, 0.1) is 17.5 Å². The van der Waals surface area contributed by atoms with Crippen LogP contribution in [0.2, 0.25) is 0 Å². The number of nitrogens with zero attached hydrogens (tertiary/aromatic N) is 2. The number of anilines is 4. The predicted molar refractivity (Wildman–Crippen MR) is 94.5 cm³/mol. The van der Waals surface area contributed by atoms with Gasteiger partial charge < -0.3 is 20.1 Å². The Balaban J connectivity index is 1.81. The zero-order valence-electron chi connectivity index (χ0n) is 14.4. The molecular formula is C18H15F3N4O2. The van der Waals surface area contributed by atoms with Crippen LogP contribution in [0.5, 0.6) is 11.5 Å². The summed E-state index contributed by atoms with van der Waals surface area (Å²) in [5.41, 5.74) is 0.418. The molecule has 0 fully saturated rings. The van der Waals surface area contributed by atoms with Crippen molar-refractivity contribution in [3.8, 4) is 11.5 Å². The molecule has 27 heavy (non-hydrogen) atoms. The molecule has 0 spiro atoms. The van der Waals surface area contributed by atoms with Crippen molar-refractivity contribution in [2.45, 2.75) is 0 Å². The summed E-state index contributed by atoms with van der Waals surface area (Å²) in [5, 5.41) is 5.63. The van der Waals surface area contributed by atoms with Crippen LogP contribution in [0.4, 0.5) is 36.2 Å². The molecule has 0 bridgehead atoms. The largest absolute Gasteiger partial charge is 0.493 e. The molecule has 2 N–H and O–H groups in total. The normalized spacial score (nSPS) is 10.4. The molecule has 0 atom stereocenters. The zero-order chi connectivity index (χ0) is 19.4. The van der Waals surface area contributed by atoms with Crippen LogP contribution in [0.3, 0.4) is 0 Å². The number of benzene rings is 2. The Morgan fingerprint density at radius 3 is 2.19 bits per heavy atom. The molecule has 0 aliphatic heterocycles. The number of ether oxygens (including phenoxy) is 2. The van der Waals surface area contributed by atoms with Crippen molar-refractivity contribution in [3.05, 3.63) is 60.2 Å². The molecule has 0 saturated carbocycles. The first kappa shape index (κ1) is 18.3. The second-order valence-corrected chi connectivity index (χ2v) is 5.33. The van der Waals surface area contributed by atoms with Crippen molar-refractivity contribution < 1.29 is 22.6 Å². The van der Waals surface area contributed by atoms with Crippen LogP contribution < -0.4 is 20.1 Å². The van der Waals surface area contributed by atoms with Crippen molar-refractivity contribution >= 4 is 23.0 Å². The molecule has 140 valence electrons. The molecule has 3 aromatic rings. The summed E-state index contributed by atoms with van der Waals surface area (Å²) in [6.45, 7) is 0. The summed E-state index contributed by atoms with van der Waals surface area (Å²) in [6, 6.07) is 8.58. The predicted octanol–water partition coefficient (Wildman–Crippen LogP) is 4.40. The maximum Gasteiger partial charge on any atom is 0.196 e. The van der Waals surface area contributed by atoms with E-state index < -0.39 is 17.5 Å². The molecule has 0 radical (unpaired) electrons.